The van der Waals surface area contributed by atoms with Gasteiger partial charge in [-0.2, -0.15) is 0 Å². The fraction of sp³-hybridized carbons (Fsp3) is 0.625. The van der Waals surface area contributed by atoms with Crippen LogP contribution in [-0.2, 0) is 4.74 Å². The maximum absolute atomic E-state index is 13.7. The van der Waals surface area contributed by atoms with E-state index in [0.717, 1.165) is 11.0 Å². The summed E-state index contributed by atoms with van der Waals surface area (Å²) in [5.41, 5.74) is 0.692. The van der Waals surface area contributed by atoms with Crippen LogP contribution in [0, 0.1) is 5.82 Å². The number of halogens is 2. The second kappa shape index (κ2) is 8.11. The first-order valence-corrected chi connectivity index (χ1v) is 8.26. The van der Waals surface area contributed by atoms with Crippen molar-refractivity contribution in [1.29, 1.82) is 0 Å². The molecule has 1 fully saturated rings. The van der Waals surface area contributed by atoms with Crippen LogP contribution in [0.25, 0.3) is 0 Å². The van der Waals surface area contributed by atoms with Gasteiger partial charge in [-0.3, -0.25) is 0 Å². The van der Waals surface area contributed by atoms with Gasteiger partial charge in [-0.05, 0) is 38.0 Å². The van der Waals surface area contributed by atoms with Crippen LogP contribution in [0.15, 0.2) is 22.7 Å². The lowest BCUT2D eigenvalue weighted by atomic mass is 9.98. The van der Waals surface area contributed by atoms with Crippen LogP contribution < -0.4 is 5.32 Å². The van der Waals surface area contributed by atoms with Crippen molar-refractivity contribution in [2.75, 3.05) is 13.2 Å². The summed E-state index contributed by atoms with van der Waals surface area (Å²) in [5, 5.41) is 3.32. The predicted molar refractivity (Wildman–Crippen MR) is 83.3 cm³/mol. The molecule has 20 heavy (non-hydrogen) atoms. The van der Waals surface area contributed by atoms with Gasteiger partial charge in [0.1, 0.15) is 5.82 Å². The Morgan fingerprint density at radius 3 is 2.85 bits per heavy atom. The second-order valence-electron chi connectivity index (χ2n) is 5.47. The van der Waals surface area contributed by atoms with Crippen molar-refractivity contribution in [1.82, 2.24) is 5.32 Å². The number of benzene rings is 1. The molecule has 0 bridgehead atoms. The van der Waals surface area contributed by atoms with Crippen LogP contribution in [0.2, 0.25) is 0 Å². The third-order valence-corrected chi connectivity index (χ3v) is 4.38. The van der Waals surface area contributed by atoms with Gasteiger partial charge in [0.15, 0.2) is 0 Å². The maximum atomic E-state index is 13.7. The standard InChI is InChI=1S/C16H23BrFNO/c1-12(15-11-13(17)7-8-16(15)18)19-9-10-20-14-5-3-2-4-6-14/h7-8,11-12,14,19H,2-6,9-10H2,1H3. The number of hydrogen-bond donors (Lipinski definition) is 1. The summed E-state index contributed by atoms with van der Waals surface area (Å²) in [5.74, 6) is -0.165. The lowest BCUT2D eigenvalue weighted by Crippen LogP contribution is -2.27. The molecule has 0 saturated heterocycles. The van der Waals surface area contributed by atoms with E-state index in [-0.39, 0.29) is 11.9 Å². The predicted octanol–water partition coefficient (Wildman–Crippen LogP) is 4.59. The quantitative estimate of drug-likeness (QED) is 0.762. The summed E-state index contributed by atoms with van der Waals surface area (Å²) < 4.78 is 20.5. The second-order valence-corrected chi connectivity index (χ2v) is 6.39. The molecule has 1 saturated carbocycles. The van der Waals surface area contributed by atoms with E-state index in [2.05, 4.69) is 21.2 Å². The number of hydrogen-bond acceptors (Lipinski definition) is 2. The van der Waals surface area contributed by atoms with Crippen LogP contribution in [0.3, 0.4) is 0 Å². The topological polar surface area (TPSA) is 21.3 Å². The van der Waals surface area contributed by atoms with E-state index in [4.69, 9.17) is 4.74 Å². The van der Waals surface area contributed by atoms with E-state index in [0.29, 0.717) is 18.3 Å². The van der Waals surface area contributed by atoms with Crippen molar-refractivity contribution in [2.45, 2.75) is 51.2 Å². The first kappa shape index (κ1) is 15.9. The summed E-state index contributed by atoms with van der Waals surface area (Å²) in [6.45, 7) is 3.43. The molecule has 0 amide bonds. The number of nitrogens with one attached hydrogen (secondary N) is 1. The Morgan fingerprint density at radius 1 is 1.35 bits per heavy atom. The Kier molecular flexibility index (Phi) is 6.46. The molecule has 4 heteroatoms. The zero-order chi connectivity index (χ0) is 14.4. The highest BCUT2D eigenvalue weighted by atomic mass is 79.9. The Labute approximate surface area is 129 Å². The van der Waals surface area contributed by atoms with Gasteiger partial charge < -0.3 is 10.1 Å². The Bertz CT molecular complexity index is 421. The van der Waals surface area contributed by atoms with Gasteiger partial charge in [-0.15, -0.1) is 0 Å². The fourth-order valence-corrected chi connectivity index (χ4v) is 3.07. The molecular formula is C16H23BrFNO. The van der Waals surface area contributed by atoms with Crippen molar-refractivity contribution < 1.29 is 9.13 Å². The molecule has 1 aliphatic carbocycles. The molecule has 2 rings (SSSR count). The monoisotopic (exact) mass is 343 g/mol. The van der Waals surface area contributed by atoms with Crippen molar-refractivity contribution in [3.8, 4) is 0 Å². The Hall–Kier alpha value is -0.450. The van der Waals surface area contributed by atoms with Crippen LogP contribution >= 0.6 is 15.9 Å². The van der Waals surface area contributed by atoms with Crippen LogP contribution in [0.1, 0.15) is 50.6 Å². The fourth-order valence-electron chi connectivity index (χ4n) is 2.69. The van der Waals surface area contributed by atoms with Gasteiger partial charge in [0.2, 0.25) is 0 Å². The van der Waals surface area contributed by atoms with Gasteiger partial charge >= 0.3 is 0 Å². The van der Waals surface area contributed by atoms with Crippen molar-refractivity contribution >= 4 is 15.9 Å². The number of ether oxygens (including phenoxy) is 1. The molecule has 1 N–H and O–H groups in total. The lowest BCUT2D eigenvalue weighted by Gasteiger charge is -2.22. The minimum Gasteiger partial charge on any atom is -0.377 e. The molecule has 1 aromatic carbocycles. The van der Waals surface area contributed by atoms with Crippen molar-refractivity contribution in [2.24, 2.45) is 0 Å². The minimum absolute atomic E-state index is 0.0116. The first-order chi connectivity index (χ1) is 9.66. The van der Waals surface area contributed by atoms with Gasteiger partial charge in [0, 0.05) is 22.6 Å². The van der Waals surface area contributed by atoms with Crippen LogP contribution in [0.5, 0.6) is 0 Å². The number of rotatable bonds is 6. The highest BCUT2D eigenvalue weighted by Crippen LogP contribution is 2.22. The molecule has 0 heterocycles. The van der Waals surface area contributed by atoms with E-state index >= 15 is 0 Å². The van der Waals surface area contributed by atoms with E-state index in [1.807, 2.05) is 13.0 Å². The summed E-state index contributed by atoms with van der Waals surface area (Å²) in [6, 6.07) is 5.03. The Balaban J connectivity index is 1.71. The van der Waals surface area contributed by atoms with Crippen molar-refractivity contribution in [3.63, 3.8) is 0 Å². The summed E-state index contributed by atoms with van der Waals surface area (Å²) in [4.78, 5) is 0. The highest BCUT2D eigenvalue weighted by molar-refractivity contribution is 9.10. The minimum atomic E-state index is -0.165. The molecule has 1 aromatic rings. The molecule has 1 atom stereocenters. The summed E-state index contributed by atoms with van der Waals surface area (Å²) in [7, 11) is 0. The van der Waals surface area contributed by atoms with E-state index in [1.165, 1.54) is 38.2 Å². The third-order valence-electron chi connectivity index (χ3n) is 3.88. The molecule has 0 spiro atoms. The third kappa shape index (κ3) is 4.83. The molecule has 0 aliphatic heterocycles. The first-order valence-electron chi connectivity index (χ1n) is 7.47. The van der Waals surface area contributed by atoms with Gasteiger partial charge in [-0.1, -0.05) is 35.2 Å². The van der Waals surface area contributed by atoms with E-state index in [9.17, 15) is 4.39 Å². The molecule has 0 aromatic heterocycles. The SMILES string of the molecule is CC(NCCOC1CCCCC1)c1cc(Br)ccc1F. The molecule has 112 valence electrons. The summed E-state index contributed by atoms with van der Waals surface area (Å²) >= 11 is 3.38. The maximum Gasteiger partial charge on any atom is 0.128 e. The Morgan fingerprint density at radius 2 is 2.10 bits per heavy atom. The van der Waals surface area contributed by atoms with Gasteiger partial charge in [0.25, 0.3) is 0 Å². The van der Waals surface area contributed by atoms with E-state index in [1.54, 1.807) is 6.07 Å². The van der Waals surface area contributed by atoms with Crippen LogP contribution in [-0.4, -0.2) is 19.3 Å². The normalized spacial score (nSPS) is 18.1. The zero-order valence-electron chi connectivity index (χ0n) is 12.0. The van der Waals surface area contributed by atoms with Crippen molar-refractivity contribution in [3.05, 3.63) is 34.1 Å². The zero-order valence-corrected chi connectivity index (χ0v) is 13.6. The largest absolute Gasteiger partial charge is 0.377 e. The summed E-state index contributed by atoms with van der Waals surface area (Å²) in [6.07, 6.45) is 6.74. The molecule has 0 radical (unpaired) electrons. The molecule has 1 aliphatic rings. The van der Waals surface area contributed by atoms with E-state index < -0.39 is 0 Å². The van der Waals surface area contributed by atoms with Crippen LogP contribution in [0.4, 0.5) is 4.39 Å². The molecular weight excluding hydrogens is 321 g/mol. The molecule has 1 unspecified atom stereocenters. The average Bonchev–Trinajstić information content (AvgIpc) is 2.47. The highest BCUT2D eigenvalue weighted by Gasteiger charge is 2.14. The van der Waals surface area contributed by atoms with Gasteiger partial charge in [-0.25, -0.2) is 4.39 Å². The molecule has 2 nitrogen and oxygen atoms in total. The smallest absolute Gasteiger partial charge is 0.128 e. The lowest BCUT2D eigenvalue weighted by molar-refractivity contribution is 0.0295. The van der Waals surface area contributed by atoms with Gasteiger partial charge in [0.05, 0.1) is 12.7 Å². The average molecular weight is 344 g/mol.